The number of likely N-dealkylation sites (N-methyl/N-ethyl adjacent to an activating group) is 1. The number of rotatable bonds is 8. The van der Waals surface area contributed by atoms with Crippen LogP contribution < -0.4 is 4.74 Å². The number of benzene rings is 1. The monoisotopic (exact) mass is 299 g/mol. The second-order valence-corrected chi connectivity index (χ2v) is 5.36. The van der Waals surface area contributed by atoms with Gasteiger partial charge in [-0.1, -0.05) is 26.0 Å². The summed E-state index contributed by atoms with van der Waals surface area (Å²) in [5, 5.41) is 0. The Morgan fingerprint density at radius 2 is 1.82 bits per heavy atom. The van der Waals surface area contributed by atoms with Crippen LogP contribution in [0.25, 0.3) is 0 Å². The topological polar surface area (TPSA) is 38.2 Å². The molecule has 0 saturated carbocycles. The average Bonchev–Trinajstić information content (AvgIpc) is 2.56. The van der Waals surface area contributed by atoms with E-state index >= 15 is 0 Å². The quantitative estimate of drug-likeness (QED) is 0.750. The van der Waals surface area contributed by atoms with Crippen molar-refractivity contribution < 1.29 is 4.74 Å². The predicted molar refractivity (Wildman–Crippen MR) is 89.0 cm³/mol. The van der Waals surface area contributed by atoms with Crippen LogP contribution in [0.2, 0.25) is 0 Å². The number of aromatic nitrogens is 2. The third-order valence-corrected chi connectivity index (χ3v) is 3.68. The van der Waals surface area contributed by atoms with Crippen LogP contribution in [0.5, 0.6) is 5.75 Å². The van der Waals surface area contributed by atoms with Crippen molar-refractivity contribution in [2.45, 2.75) is 33.7 Å². The summed E-state index contributed by atoms with van der Waals surface area (Å²) in [6, 6.07) is 8.32. The summed E-state index contributed by atoms with van der Waals surface area (Å²) >= 11 is 0. The van der Waals surface area contributed by atoms with Gasteiger partial charge in [0, 0.05) is 25.5 Å². The van der Waals surface area contributed by atoms with Crippen molar-refractivity contribution in [1.29, 1.82) is 0 Å². The van der Waals surface area contributed by atoms with E-state index in [2.05, 4.69) is 40.8 Å². The van der Waals surface area contributed by atoms with Crippen molar-refractivity contribution in [1.82, 2.24) is 14.9 Å². The molecular formula is C18H25N3O. The summed E-state index contributed by atoms with van der Waals surface area (Å²) in [6.45, 7) is 9.59. The van der Waals surface area contributed by atoms with Crippen LogP contribution in [-0.2, 0) is 13.0 Å². The van der Waals surface area contributed by atoms with Gasteiger partial charge < -0.3 is 4.74 Å². The molecule has 0 fully saturated rings. The maximum Gasteiger partial charge on any atom is 0.119 e. The van der Waals surface area contributed by atoms with Gasteiger partial charge in [-0.15, -0.1) is 0 Å². The summed E-state index contributed by atoms with van der Waals surface area (Å²) in [6.07, 6.45) is 4.72. The molecule has 2 rings (SSSR count). The molecule has 4 nitrogen and oxygen atoms in total. The average molecular weight is 299 g/mol. The molecule has 0 N–H and O–H groups in total. The number of hydrogen-bond donors (Lipinski definition) is 0. The molecule has 0 bridgehead atoms. The first kappa shape index (κ1) is 16.4. The molecule has 0 spiro atoms. The Bertz CT molecular complexity index is 552. The minimum absolute atomic E-state index is 0.679. The number of ether oxygens (including phenoxy) is 1. The van der Waals surface area contributed by atoms with Gasteiger partial charge in [-0.3, -0.25) is 14.9 Å². The molecule has 0 saturated heterocycles. The third kappa shape index (κ3) is 5.11. The van der Waals surface area contributed by atoms with Crippen molar-refractivity contribution in [3.05, 3.63) is 53.6 Å². The fourth-order valence-corrected chi connectivity index (χ4v) is 2.19. The van der Waals surface area contributed by atoms with Crippen LogP contribution in [0.1, 0.15) is 30.8 Å². The van der Waals surface area contributed by atoms with E-state index in [1.54, 1.807) is 0 Å². The van der Waals surface area contributed by atoms with Gasteiger partial charge in [-0.25, -0.2) is 0 Å². The molecule has 22 heavy (non-hydrogen) atoms. The largest absolute Gasteiger partial charge is 0.492 e. The second-order valence-electron chi connectivity index (χ2n) is 5.36. The summed E-state index contributed by atoms with van der Waals surface area (Å²) in [5.41, 5.74) is 3.28. The van der Waals surface area contributed by atoms with E-state index in [0.29, 0.717) is 6.61 Å². The Balaban J connectivity index is 1.79. The molecule has 0 unspecified atom stereocenters. The summed E-state index contributed by atoms with van der Waals surface area (Å²) in [5.74, 6) is 0.934. The van der Waals surface area contributed by atoms with E-state index in [9.17, 15) is 0 Å². The first-order valence-electron chi connectivity index (χ1n) is 7.93. The SMILES string of the molecule is CCc1ccc(OCCN(CC)Cc2cnc(C)cn2)cc1. The minimum atomic E-state index is 0.679. The molecule has 0 atom stereocenters. The van der Waals surface area contributed by atoms with Crippen molar-refractivity contribution in [3.8, 4) is 5.75 Å². The van der Waals surface area contributed by atoms with E-state index in [1.165, 1.54) is 5.56 Å². The lowest BCUT2D eigenvalue weighted by Gasteiger charge is -2.20. The number of nitrogens with zero attached hydrogens (tertiary/aromatic N) is 3. The molecule has 4 heteroatoms. The van der Waals surface area contributed by atoms with Crippen LogP contribution in [0, 0.1) is 6.92 Å². The molecule has 0 radical (unpaired) electrons. The zero-order valence-corrected chi connectivity index (χ0v) is 13.7. The van der Waals surface area contributed by atoms with Gasteiger partial charge in [0.2, 0.25) is 0 Å². The molecule has 0 amide bonds. The molecule has 1 aromatic heterocycles. The molecule has 0 aliphatic carbocycles. The van der Waals surface area contributed by atoms with Gasteiger partial charge in [0.25, 0.3) is 0 Å². The number of hydrogen-bond acceptors (Lipinski definition) is 4. The van der Waals surface area contributed by atoms with Crippen molar-refractivity contribution in [2.24, 2.45) is 0 Å². The summed E-state index contributed by atoms with van der Waals surface area (Å²) < 4.78 is 5.82. The Morgan fingerprint density at radius 3 is 2.41 bits per heavy atom. The highest BCUT2D eigenvalue weighted by Crippen LogP contribution is 2.12. The molecule has 2 aromatic rings. The highest BCUT2D eigenvalue weighted by atomic mass is 16.5. The molecule has 1 heterocycles. The van der Waals surface area contributed by atoms with Crippen LogP contribution in [0.15, 0.2) is 36.7 Å². The Hall–Kier alpha value is -1.94. The lowest BCUT2D eigenvalue weighted by molar-refractivity contribution is 0.208. The lowest BCUT2D eigenvalue weighted by Crippen LogP contribution is -2.28. The van der Waals surface area contributed by atoms with Gasteiger partial charge in [-0.2, -0.15) is 0 Å². The highest BCUT2D eigenvalue weighted by molar-refractivity contribution is 5.27. The normalized spacial score (nSPS) is 10.9. The Labute approximate surface area is 133 Å². The zero-order chi connectivity index (χ0) is 15.8. The van der Waals surface area contributed by atoms with Crippen molar-refractivity contribution in [3.63, 3.8) is 0 Å². The van der Waals surface area contributed by atoms with E-state index in [0.717, 1.165) is 43.2 Å². The number of aryl methyl sites for hydroxylation is 2. The maximum atomic E-state index is 5.82. The van der Waals surface area contributed by atoms with Gasteiger partial charge in [0.05, 0.1) is 11.4 Å². The smallest absolute Gasteiger partial charge is 0.119 e. The highest BCUT2D eigenvalue weighted by Gasteiger charge is 2.05. The van der Waals surface area contributed by atoms with E-state index in [4.69, 9.17) is 4.74 Å². The predicted octanol–water partition coefficient (Wildman–Crippen LogP) is 3.25. The van der Waals surface area contributed by atoms with Gasteiger partial charge >= 0.3 is 0 Å². The Morgan fingerprint density at radius 1 is 1.05 bits per heavy atom. The van der Waals surface area contributed by atoms with Crippen LogP contribution in [-0.4, -0.2) is 34.6 Å². The maximum absolute atomic E-state index is 5.82. The van der Waals surface area contributed by atoms with E-state index in [-0.39, 0.29) is 0 Å². The lowest BCUT2D eigenvalue weighted by atomic mass is 10.2. The zero-order valence-electron chi connectivity index (χ0n) is 13.7. The minimum Gasteiger partial charge on any atom is -0.492 e. The Kier molecular flexibility index (Phi) is 6.34. The van der Waals surface area contributed by atoms with Crippen LogP contribution in [0.3, 0.4) is 0 Å². The molecule has 0 aliphatic heterocycles. The first-order chi connectivity index (χ1) is 10.7. The van der Waals surface area contributed by atoms with Gasteiger partial charge in [0.1, 0.15) is 12.4 Å². The van der Waals surface area contributed by atoms with Crippen LogP contribution in [0.4, 0.5) is 0 Å². The van der Waals surface area contributed by atoms with E-state index < -0.39 is 0 Å². The second kappa shape index (κ2) is 8.49. The fraction of sp³-hybridized carbons (Fsp3) is 0.444. The molecule has 118 valence electrons. The molecule has 0 aliphatic rings. The molecular weight excluding hydrogens is 274 g/mol. The third-order valence-electron chi connectivity index (χ3n) is 3.68. The fourth-order valence-electron chi connectivity index (χ4n) is 2.19. The summed E-state index contributed by atoms with van der Waals surface area (Å²) in [7, 11) is 0. The van der Waals surface area contributed by atoms with Crippen molar-refractivity contribution in [2.75, 3.05) is 19.7 Å². The first-order valence-corrected chi connectivity index (χ1v) is 7.93. The molecule has 1 aromatic carbocycles. The van der Waals surface area contributed by atoms with Gasteiger partial charge in [-0.05, 0) is 37.6 Å². The van der Waals surface area contributed by atoms with Crippen molar-refractivity contribution >= 4 is 0 Å². The summed E-state index contributed by atoms with van der Waals surface area (Å²) in [4.78, 5) is 11.0. The van der Waals surface area contributed by atoms with Gasteiger partial charge in [0.15, 0.2) is 0 Å². The standard InChI is InChI=1S/C18H25N3O/c1-4-16-6-8-18(9-7-16)22-11-10-21(5-2)14-17-13-19-15(3)12-20-17/h6-9,12-13H,4-5,10-11,14H2,1-3H3. The van der Waals surface area contributed by atoms with E-state index in [1.807, 2.05) is 31.5 Å². The van der Waals surface area contributed by atoms with Crippen LogP contribution >= 0.6 is 0 Å².